The fourth-order valence-corrected chi connectivity index (χ4v) is 148. The van der Waals surface area contributed by atoms with Crippen molar-refractivity contribution in [3.8, 4) is 23.0 Å². The number of ether oxygens (including phenoxy) is 4. The van der Waals surface area contributed by atoms with Gasteiger partial charge in [-0.15, -0.1) is 0 Å². The van der Waals surface area contributed by atoms with Crippen LogP contribution in [0.15, 0.2) is 237 Å². The Morgan fingerprint density at radius 3 is 0.667 bits per heavy atom. The average Bonchev–Trinajstić information content (AvgIpc) is 1.52. The van der Waals surface area contributed by atoms with Gasteiger partial charge in [0.15, 0.2) is 0 Å². The molecule has 0 radical (unpaired) electrons. The topological polar surface area (TPSA) is 36.9 Å². The van der Waals surface area contributed by atoms with E-state index >= 15 is 0 Å². The SMILES string of the molecule is COc1c(C)cc(C2C=CC=CC3=C2C=C(C(C)C)[C]32[SiH](C)[C]3(C(C(C)C)=CC4=C3C=CC=CC4c3cc(C)c(OC)c(C)c3)[Zr]23([Cl])([Cl])[C]2(C(C(C)C)=CC4=C2C=CC=CC4c2cc(C)c(OC)c(C)c2)[SiH](C)[C]32C(C(C)C)=CC3=C2C=CC=CC3c2cc(C)c(OC)c(C)c2)cc1C. The fraction of sp³-hybridized carbons (Fsp3) is 0.378. The molecule has 8 unspecified atom stereocenters. The van der Waals surface area contributed by atoms with Gasteiger partial charge in [-0.3, -0.25) is 0 Å². The Labute approximate surface area is 600 Å². The van der Waals surface area contributed by atoms with Gasteiger partial charge in [0.1, 0.15) is 0 Å². The minimum atomic E-state index is -8.08. The van der Waals surface area contributed by atoms with E-state index in [1.807, 2.05) is 28.4 Å². The Hall–Kier alpha value is -6.18. The molecule has 514 valence electrons. The molecule has 8 aliphatic carbocycles. The van der Waals surface area contributed by atoms with Gasteiger partial charge in [-0.2, -0.15) is 0 Å². The Morgan fingerprint density at radius 2 is 0.505 bits per heavy atom. The van der Waals surface area contributed by atoms with Gasteiger partial charge in [-0.25, -0.2) is 0 Å². The summed E-state index contributed by atoms with van der Waals surface area (Å²) in [6.07, 6.45) is 50.3. The molecule has 0 saturated carbocycles. The normalized spacial score (nSPS) is 30.5. The molecule has 4 aromatic carbocycles. The van der Waals surface area contributed by atoms with Gasteiger partial charge in [-0.1, -0.05) is 0 Å². The first-order valence-electron chi connectivity index (χ1n) is 36.6. The maximum absolute atomic E-state index is 12.1. The van der Waals surface area contributed by atoms with E-state index < -0.39 is 43.5 Å². The molecule has 8 atom stereocenters. The summed E-state index contributed by atoms with van der Waals surface area (Å²) in [5.41, 5.74) is 30.8. The third kappa shape index (κ3) is 7.92. The van der Waals surface area contributed by atoms with E-state index in [-0.39, 0.29) is 47.3 Å². The number of halogens is 2. The summed E-state index contributed by atoms with van der Waals surface area (Å²) in [6.45, 7) is 43.4. The Bertz CT molecular complexity index is 4120. The van der Waals surface area contributed by atoms with Crippen molar-refractivity contribution < 1.29 is 33.9 Å². The van der Waals surface area contributed by atoms with Crippen LogP contribution >= 0.6 is 17.0 Å². The summed E-state index contributed by atoms with van der Waals surface area (Å²) in [7, 11) is 25.8. The van der Waals surface area contributed by atoms with Crippen molar-refractivity contribution in [3.05, 3.63) is 304 Å². The molecule has 2 aliphatic heterocycles. The van der Waals surface area contributed by atoms with Gasteiger partial charge in [0.25, 0.3) is 0 Å². The molecule has 0 aromatic heterocycles. The molecule has 0 N–H and O–H groups in total. The number of hydrogen-bond donors (Lipinski definition) is 0. The van der Waals surface area contributed by atoms with E-state index in [2.05, 4.69) is 294 Å². The second-order valence-corrected chi connectivity index (χ2v) is 72.2. The number of methoxy groups -OCH3 is 4. The van der Waals surface area contributed by atoms with Crippen LogP contribution in [0.5, 0.6) is 23.0 Å². The van der Waals surface area contributed by atoms with Crippen LogP contribution in [0.1, 0.15) is 146 Å². The molecular weight excluding hydrogens is 1360 g/mol. The summed E-state index contributed by atoms with van der Waals surface area (Å²) in [5.74, 6) is 3.49. The molecule has 9 heteroatoms. The predicted molar refractivity (Wildman–Crippen MR) is 422 cm³/mol. The van der Waals surface area contributed by atoms with Crippen LogP contribution in [-0.2, 0) is 14.9 Å². The number of fused-ring (bicyclic) bond motifs is 8. The molecule has 0 bridgehead atoms. The number of rotatable bonds is 12. The van der Waals surface area contributed by atoms with E-state index in [0.717, 1.165) is 67.5 Å². The molecule has 5 spiro atoms. The molecule has 2 fully saturated rings. The van der Waals surface area contributed by atoms with Gasteiger partial charge in [0, 0.05) is 0 Å². The molecule has 2 saturated heterocycles. The van der Waals surface area contributed by atoms with Crippen molar-refractivity contribution in [2.45, 2.75) is 159 Å². The monoisotopic (exact) mass is 1460 g/mol. The summed E-state index contributed by atoms with van der Waals surface area (Å²) < 4.78 is 21.4. The summed E-state index contributed by atoms with van der Waals surface area (Å²) in [4.78, 5) is 0. The van der Waals surface area contributed by atoms with Crippen LogP contribution in [-0.4, -0.2) is 46.0 Å². The van der Waals surface area contributed by atoms with Crippen molar-refractivity contribution in [2.24, 2.45) is 23.7 Å². The molecule has 10 aliphatic rings. The van der Waals surface area contributed by atoms with Crippen LogP contribution in [0.2, 0.25) is 24.1 Å². The molecule has 99 heavy (non-hydrogen) atoms. The standard InChI is InChI=1S/2C45H52O2Si.2ClH.Zr/c2*1-26(2)38-24-40-34(32-20-28(5)42(46-9)29(6)21-32)16-12-14-18-36(40)44(38)48(11)45-37-19-15-13-17-35(41(37)25-39(45)27(3)4)33-22-30(7)43(47-10)31(8)23-33;;;/h2*12-27,34-35,48H,1-11H3;2*1H;/q;;;;+2/p-2. The second-order valence-electron chi connectivity index (χ2n) is 32.4. The van der Waals surface area contributed by atoms with E-state index in [1.165, 1.54) is 89.1 Å². The number of hydrogen-bond acceptors (Lipinski definition) is 4. The van der Waals surface area contributed by atoms with Crippen LogP contribution in [0, 0.1) is 79.1 Å². The van der Waals surface area contributed by atoms with Gasteiger partial charge >= 0.3 is 606 Å². The summed E-state index contributed by atoms with van der Waals surface area (Å²) >= 11 is -8.08. The van der Waals surface area contributed by atoms with Crippen molar-refractivity contribution in [1.82, 2.24) is 0 Å². The quantitative estimate of drug-likeness (QED) is 0.133. The predicted octanol–water partition coefficient (Wildman–Crippen LogP) is 23.8. The van der Waals surface area contributed by atoms with E-state index in [1.54, 1.807) is 0 Å². The Morgan fingerprint density at radius 1 is 0.323 bits per heavy atom. The Balaban J connectivity index is 1.27. The van der Waals surface area contributed by atoms with Crippen molar-refractivity contribution in [3.63, 3.8) is 0 Å². The van der Waals surface area contributed by atoms with Crippen molar-refractivity contribution in [2.75, 3.05) is 28.4 Å². The zero-order chi connectivity index (χ0) is 71.0. The Kier molecular flexibility index (Phi) is 16.7. The average molecular weight is 1470 g/mol. The van der Waals surface area contributed by atoms with Crippen molar-refractivity contribution >= 4 is 34.6 Å². The van der Waals surface area contributed by atoms with Gasteiger partial charge in [0.2, 0.25) is 0 Å². The van der Waals surface area contributed by atoms with E-state index in [0.29, 0.717) is 0 Å². The van der Waals surface area contributed by atoms with Crippen LogP contribution in [0.3, 0.4) is 0 Å². The van der Waals surface area contributed by atoms with E-state index in [9.17, 15) is 17.0 Å². The number of aryl methyl sites for hydroxylation is 8. The van der Waals surface area contributed by atoms with Gasteiger partial charge in [0.05, 0.1) is 0 Å². The van der Waals surface area contributed by atoms with E-state index in [4.69, 9.17) is 18.9 Å². The number of benzene rings is 4. The molecule has 0 amide bonds. The van der Waals surface area contributed by atoms with Crippen LogP contribution < -0.4 is 18.9 Å². The van der Waals surface area contributed by atoms with Crippen molar-refractivity contribution in [1.29, 1.82) is 0 Å². The second kappa shape index (κ2) is 23.7. The van der Waals surface area contributed by atoms with Gasteiger partial charge < -0.3 is 0 Å². The molecular formula is C90H104Cl2O4Si2Zr. The molecule has 4 aromatic rings. The zero-order valence-electron chi connectivity index (χ0n) is 62.8. The fourth-order valence-electron chi connectivity index (χ4n) is 25.0. The number of allylic oxidation sites excluding steroid dienone is 32. The first-order chi connectivity index (χ1) is 47.0. The summed E-state index contributed by atoms with van der Waals surface area (Å²) in [5, 5.41) is 0. The van der Waals surface area contributed by atoms with Gasteiger partial charge in [-0.05, 0) is 0 Å². The van der Waals surface area contributed by atoms with Crippen LogP contribution in [0.4, 0.5) is 0 Å². The summed E-state index contributed by atoms with van der Waals surface area (Å²) in [6, 6.07) is 19.2. The molecule has 14 rings (SSSR count). The maximum atomic E-state index is 12.1. The zero-order valence-corrected chi connectivity index (χ0v) is 69.1. The third-order valence-electron chi connectivity index (χ3n) is 26.9. The third-order valence-corrected chi connectivity index (χ3v) is 110. The molecule has 2 heterocycles. The molecule has 4 nitrogen and oxygen atoms in total. The first kappa shape index (κ1) is 69.9. The first-order valence-corrected chi connectivity index (χ1v) is 52.5. The minimum absolute atomic E-state index is 0.0492. The van der Waals surface area contributed by atoms with Crippen LogP contribution in [0.25, 0.3) is 0 Å².